The van der Waals surface area contributed by atoms with E-state index >= 15 is 0 Å². The summed E-state index contributed by atoms with van der Waals surface area (Å²) in [6.45, 7) is 10.8. The molecule has 148 valence electrons. The van der Waals surface area contributed by atoms with Crippen LogP contribution in [-0.4, -0.2) is 67.3 Å². The second-order valence-electron chi connectivity index (χ2n) is 8.23. The molecule has 5 nitrogen and oxygen atoms in total. The van der Waals surface area contributed by atoms with E-state index in [1.54, 1.807) is 12.1 Å². The maximum Gasteiger partial charge on any atom is 0.236 e. The maximum absolute atomic E-state index is 14.4. The third kappa shape index (κ3) is 4.86. The van der Waals surface area contributed by atoms with Gasteiger partial charge >= 0.3 is 0 Å². The van der Waals surface area contributed by atoms with Crippen molar-refractivity contribution in [3.8, 4) is 0 Å². The summed E-state index contributed by atoms with van der Waals surface area (Å²) in [5, 5.41) is 0. The van der Waals surface area contributed by atoms with Crippen molar-refractivity contribution in [2.24, 2.45) is 11.8 Å². The Morgan fingerprint density at radius 3 is 2.26 bits per heavy atom. The summed E-state index contributed by atoms with van der Waals surface area (Å²) in [6, 6.07) is 4.63. The fourth-order valence-corrected chi connectivity index (χ4v) is 4.39. The Morgan fingerprint density at radius 2 is 1.70 bits per heavy atom. The zero-order valence-corrected chi connectivity index (χ0v) is 16.6. The van der Waals surface area contributed by atoms with Crippen LogP contribution in [-0.2, 0) is 4.79 Å². The summed E-state index contributed by atoms with van der Waals surface area (Å²) in [6.07, 6.45) is 1.23. The van der Waals surface area contributed by atoms with E-state index in [9.17, 15) is 14.0 Å². The monoisotopic (exact) mass is 375 g/mol. The highest BCUT2D eigenvalue weighted by Crippen LogP contribution is 2.23. The van der Waals surface area contributed by atoms with Gasteiger partial charge in [-0.15, -0.1) is 0 Å². The molecule has 0 saturated carbocycles. The number of rotatable bonds is 4. The van der Waals surface area contributed by atoms with Crippen molar-refractivity contribution in [1.82, 2.24) is 9.80 Å². The topological polar surface area (TPSA) is 43.9 Å². The van der Waals surface area contributed by atoms with E-state index in [0.29, 0.717) is 55.8 Å². The van der Waals surface area contributed by atoms with Gasteiger partial charge in [0.05, 0.1) is 12.2 Å². The van der Waals surface area contributed by atoms with Crippen LogP contribution >= 0.6 is 0 Å². The minimum absolute atomic E-state index is 0.141. The van der Waals surface area contributed by atoms with Gasteiger partial charge in [-0.1, -0.05) is 13.8 Å². The van der Waals surface area contributed by atoms with Gasteiger partial charge in [0.25, 0.3) is 0 Å². The quantitative estimate of drug-likeness (QED) is 0.759. The van der Waals surface area contributed by atoms with Gasteiger partial charge in [-0.05, 0) is 43.4 Å². The first-order chi connectivity index (χ1) is 12.8. The Balaban J connectivity index is 1.54. The molecule has 1 aromatic carbocycles. The van der Waals surface area contributed by atoms with Crippen LogP contribution in [0.15, 0.2) is 18.2 Å². The smallest absolute Gasteiger partial charge is 0.236 e. The number of nitrogens with zero attached hydrogens (tertiary/aromatic N) is 3. The van der Waals surface area contributed by atoms with Crippen LogP contribution in [0.25, 0.3) is 0 Å². The predicted molar refractivity (Wildman–Crippen MR) is 105 cm³/mol. The van der Waals surface area contributed by atoms with Gasteiger partial charge in [0.2, 0.25) is 5.91 Å². The van der Waals surface area contributed by atoms with Gasteiger partial charge in [0.1, 0.15) is 5.82 Å². The Labute approximate surface area is 161 Å². The summed E-state index contributed by atoms with van der Waals surface area (Å²) in [4.78, 5) is 30.2. The Kier molecular flexibility index (Phi) is 6.15. The van der Waals surface area contributed by atoms with Crippen molar-refractivity contribution in [2.75, 3.05) is 50.7 Å². The molecule has 2 aliphatic heterocycles. The lowest BCUT2D eigenvalue weighted by molar-refractivity contribution is -0.133. The number of likely N-dealkylation sites (tertiary alicyclic amines) is 1. The number of hydrogen-bond donors (Lipinski definition) is 0. The maximum atomic E-state index is 14.4. The molecule has 0 spiro atoms. The molecule has 0 aromatic heterocycles. The Hall–Kier alpha value is -1.95. The summed E-state index contributed by atoms with van der Waals surface area (Å²) in [7, 11) is 0. The molecule has 0 radical (unpaired) electrons. The molecule has 0 N–H and O–H groups in total. The lowest BCUT2D eigenvalue weighted by Crippen LogP contribution is -2.52. The highest BCUT2D eigenvalue weighted by Gasteiger charge is 2.27. The molecular formula is C21H30FN3O2. The van der Waals surface area contributed by atoms with Crippen molar-refractivity contribution in [3.63, 3.8) is 0 Å². The average molecular weight is 375 g/mol. The van der Waals surface area contributed by atoms with Gasteiger partial charge in [-0.2, -0.15) is 0 Å². The molecule has 1 aromatic rings. The number of Topliss-reactive ketones (excluding diaryl/α,β-unsaturated/α-hetero) is 1. The molecular weight excluding hydrogens is 345 g/mol. The first-order valence-corrected chi connectivity index (χ1v) is 9.89. The van der Waals surface area contributed by atoms with Crippen molar-refractivity contribution in [2.45, 2.75) is 27.2 Å². The Bertz CT molecular complexity index is 691. The van der Waals surface area contributed by atoms with Crippen LogP contribution < -0.4 is 4.90 Å². The number of halogens is 1. The lowest BCUT2D eigenvalue weighted by Gasteiger charge is -2.39. The number of piperidine rings is 1. The molecule has 2 aliphatic rings. The summed E-state index contributed by atoms with van der Waals surface area (Å²) in [5.41, 5.74) is 0.890. The number of ketones is 1. The molecule has 0 aliphatic carbocycles. The molecule has 2 heterocycles. The number of piperazine rings is 1. The molecule has 27 heavy (non-hydrogen) atoms. The molecule has 6 heteroatoms. The van der Waals surface area contributed by atoms with Crippen LogP contribution in [0.2, 0.25) is 0 Å². The van der Waals surface area contributed by atoms with Crippen molar-refractivity contribution < 1.29 is 14.0 Å². The summed E-state index contributed by atoms with van der Waals surface area (Å²) < 4.78 is 14.4. The minimum atomic E-state index is -0.376. The van der Waals surface area contributed by atoms with E-state index in [0.717, 1.165) is 13.1 Å². The second kappa shape index (κ2) is 8.38. The third-order valence-electron chi connectivity index (χ3n) is 5.63. The molecule has 1 amide bonds. The largest absolute Gasteiger partial charge is 0.366 e. The standard InChI is InChI=1S/C21H30FN3O2/c1-15-10-16(2)13-23(12-15)14-21(27)25-8-6-24(7-9-25)20-5-4-18(17(3)26)11-19(20)22/h4-5,11,15-16H,6-10,12-14H2,1-3H3. The lowest BCUT2D eigenvalue weighted by atomic mass is 9.92. The normalized spacial score (nSPS) is 24.1. The number of hydrogen-bond acceptors (Lipinski definition) is 4. The first-order valence-electron chi connectivity index (χ1n) is 9.89. The first kappa shape index (κ1) is 19.8. The zero-order valence-electron chi connectivity index (χ0n) is 16.6. The van der Waals surface area contributed by atoms with Crippen molar-refractivity contribution >= 4 is 17.4 Å². The highest BCUT2D eigenvalue weighted by atomic mass is 19.1. The van der Waals surface area contributed by atoms with E-state index in [4.69, 9.17) is 0 Å². The molecule has 2 atom stereocenters. The fraction of sp³-hybridized carbons (Fsp3) is 0.619. The zero-order chi connectivity index (χ0) is 19.6. The number of anilines is 1. The Morgan fingerprint density at radius 1 is 1.07 bits per heavy atom. The molecule has 2 saturated heterocycles. The number of amides is 1. The van der Waals surface area contributed by atoms with Crippen LogP contribution in [0.5, 0.6) is 0 Å². The van der Waals surface area contributed by atoms with Crippen LogP contribution in [0.3, 0.4) is 0 Å². The second-order valence-corrected chi connectivity index (χ2v) is 8.23. The minimum Gasteiger partial charge on any atom is -0.366 e. The number of carbonyl (C=O) groups is 2. The van der Waals surface area contributed by atoms with Crippen LogP contribution in [0.1, 0.15) is 37.6 Å². The van der Waals surface area contributed by atoms with E-state index in [2.05, 4.69) is 18.7 Å². The van der Waals surface area contributed by atoms with E-state index in [1.165, 1.54) is 19.4 Å². The predicted octanol–water partition coefficient (Wildman–Crippen LogP) is 2.65. The average Bonchev–Trinajstić information content (AvgIpc) is 2.60. The molecule has 2 fully saturated rings. The number of carbonyl (C=O) groups excluding carboxylic acids is 2. The highest BCUT2D eigenvalue weighted by molar-refractivity contribution is 5.94. The van der Waals surface area contributed by atoms with E-state index in [1.807, 2.05) is 9.80 Å². The fourth-order valence-electron chi connectivity index (χ4n) is 4.39. The molecule has 3 rings (SSSR count). The van der Waals surface area contributed by atoms with Crippen LogP contribution in [0, 0.1) is 17.7 Å². The molecule has 0 bridgehead atoms. The SMILES string of the molecule is CC(=O)c1ccc(N2CCN(C(=O)CN3CC(C)CC(C)C3)CC2)c(F)c1. The summed E-state index contributed by atoms with van der Waals surface area (Å²) in [5.74, 6) is 0.929. The van der Waals surface area contributed by atoms with E-state index in [-0.39, 0.29) is 17.5 Å². The number of benzene rings is 1. The van der Waals surface area contributed by atoms with Gasteiger partial charge in [0, 0.05) is 44.8 Å². The van der Waals surface area contributed by atoms with Gasteiger partial charge < -0.3 is 9.80 Å². The van der Waals surface area contributed by atoms with Crippen LogP contribution in [0.4, 0.5) is 10.1 Å². The van der Waals surface area contributed by atoms with Crippen molar-refractivity contribution in [3.05, 3.63) is 29.6 Å². The van der Waals surface area contributed by atoms with E-state index < -0.39 is 0 Å². The van der Waals surface area contributed by atoms with Gasteiger partial charge in [-0.25, -0.2) is 4.39 Å². The van der Waals surface area contributed by atoms with Gasteiger partial charge in [0.15, 0.2) is 5.78 Å². The third-order valence-corrected chi connectivity index (χ3v) is 5.63. The van der Waals surface area contributed by atoms with Gasteiger partial charge in [-0.3, -0.25) is 14.5 Å². The van der Waals surface area contributed by atoms with Crippen molar-refractivity contribution in [1.29, 1.82) is 0 Å². The summed E-state index contributed by atoms with van der Waals surface area (Å²) >= 11 is 0. The molecule has 2 unspecified atom stereocenters.